The van der Waals surface area contributed by atoms with Crippen LogP contribution in [-0.4, -0.2) is 109 Å². The second kappa shape index (κ2) is 31.8. The van der Waals surface area contributed by atoms with Crippen molar-refractivity contribution in [1.82, 2.24) is 10.3 Å². The number of aromatic nitrogens is 2. The highest BCUT2D eigenvalue weighted by molar-refractivity contribution is 9.10. The zero-order valence-corrected chi connectivity index (χ0v) is 56.1. The lowest BCUT2D eigenvalue weighted by Gasteiger charge is -2.32. The van der Waals surface area contributed by atoms with Gasteiger partial charge in [0.2, 0.25) is 0 Å². The minimum atomic E-state index is -4.20. The molecule has 0 radical (unpaired) electrons. The van der Waals surface area contributed by atoms with Gasteiger partial charge in [0.1, 0.15) is 62.5 Å². The molecule has 0 aliphatic carbocycles. The van der Waals surface area contributed by atoms with Gasteiger partial charge in [-0.3, -0.25) is 9.44 Å². The number of halogens is 2. The van der Waals surface area contributed by atoms with Crippen molar-refractivity contribution in [2.24, 2.45) is 0 Å². The average Bonchev–Trinajstić information content (AvgIpc) is 1.73. The highest BCUT2D eigenvalue weighted by Crippen LogP contribution is 2.43. The minimum absolute atomic E-state index is 0. The smallest absolute Gasteiger partial charge is 0.495 e. The largest absolute Gasteiger partial charge is 0.497 e. The summed E-state index contributed by atoms with van der Waals surface area (Å²) in [4.78, 5) is -0.325. The summed E-state index contributed by atoms with van der Waals surface area (Å²) in [6.45, 7) is 7.99. The van der Waals surface area contributed by atoms with Gasteiger partial charge in [0.15, 0.2) is 32.6 Å². The molecule has 24 nitrogen and oxygen atoms in total. The van der Waals surface area contributed by atoms with Crippen molar-refractivity contribution in [1.29, 1.82) is 15.8 Å². The van der Waals surface area contributed by atoms with Crippen molar-refractivity contribution in [2.75, 3.05) is 73.4 Å². The molecule has 0 bridgehead atoms. The third-order valence-electron chi connectivity index (χ3n) is 13.9. The highest BCUT2D eigenvalue weighted by Gasteiger charge is 2.52. The number of sulfonamides is 2. The Balaban J connectivity index is 0.000000239. The monoisotopic (exact) mass is 1440 g/mol. The Labute approximate surface area is 557 Å². The Morgan fingerprint density at radius 3 is 1.24 bits per heavy atom. The third kappa shape index (κ3) is 17.0. The summed E-state index contributed by atoms with van der Waals surface area (Å²) in [7, 11) is 4.28. The van der Waals surface area contributed by atoms with Crippen LogP contribution in [0.4, 0.5) is 11.6 Å². The fraction of sp³-hybridized carbons (Fsp3) is 0.266. The van der Waals surface area contributed by atoms with E-state index < -0.39 is 38.4 Å². The molecule has 1 fully saturated rings. The van der Waals surface area contributed by atoms with Crippen LogP contribution in [0.1, 0.15) is 59.2 Å². The lowest BCUT2D eigenvalue weighted by molar-refractivity contribution is 0.00578. The first-order valence-electron chi connectivity index (χ1n) is 26.7. The second-order valence-corrected chi connectivity index (χ2v) is 25.1. The first-order chi connectivity index (χ1) is 43.3. The van der Waals surface area contributed by atoms with Crippen molar-refractivity contribution in [3.63, 3.8) is 0 Å². The number of rotatable bonds is 17. The number of methoxy groups -OCH3 is 9. The standard InChI is InChI=1S/C24H21N3O7S.C16H15BrN2O6S.C14H18BNO3.C8H6BrNO.2CH4/c1-30-17-9-14(13-25)8-15(10-17)16-11-20(33-4)22-21(12-16)34-26-24(22)27-35(28,29)23-18(31-2)6-5-7-19(23)32-3;1-22-10-5-4-6-11(23-2)15(10)26(20,21)19-16-14-12(24-3)7-9(17)8-13(14)25-18-16;1-13(2)14(3,4)19-15(18-13)11-6-10(9-16)7-12(8-11)17-5;1-11-8-3-6(5-10)2-7(9)4-8;;/h5-12H,1-4H3,(H,26,27);4-8H,1-3H3,(H,18,19);6-8H,1-5H3;2-4H,1H3;2*1H4. The molecule has 0 spiro atoms. The Morgan fingerprint density at radius 1 is 0.452 bits per heavy atom. The minimum Gasteiger partial charge on any atom is -0.497 e. The van der Waals surface area contributed by atoms with Gasteiger partial charge in [0.25, 0.3) is 20.0 Å². The topological polar surface area (TPSA) is 317 Å². The summed E-state index contributed by atoms with van der Waals surface area (Å²) >= 11 is 6.59. The number of nitrogens with one attached hydrogen (secondary N) is 2. The van der Waals surface area contributed by atoms with E-state index >= 15 is 0 Å². The first-order valence-corrected chi connectivity index (χ1v) is 31.2. The Hall–Kier alpha value is -9.41. The third-order valence-corrected chi connectivity index (χ3v) is 17.6. The molecule has 490 valence electrons. The van der Waals surface area contributed by atoms with E-state index in [0.29, 0.717) is 77.4 Å². The normalized spacial score (nSPS) is 12.5. The molecule has 0 amide bonds. The van der Waals surface area contributed by atoms with Crippen LogP contribution >= 0.6 is 31.9 Å². The predicted octanol–water partition coefficient (Wildman–Crippen LogP) is 13.1. The zero-order chi connectivity index (χ0) is 66.6. The molecule has 93 heavy (non-hydrogen) atoms. The summed E-state index contributed by atoms with van der Waals surface area (Å²) in [5, 5.41) is 35.4. The first kappa shape index (κ1) is 74.3. The number of fused-ring (bicyclic) bond motifs is 2. The van der Waals surface area contributed by atoms with Crippen molar-refractivity contribution >= 4 is 98.1 Å². The molecule has 1 aliphatic rings. The Morgan fingerprint density at radius 2 is 0.817 bits per heavy atom. The van der Waals surface area contributed by atoms with E-state index in [-0.39, 0.29) is 64.9 Å². The lowest BCUT2D eigenvalue weighted by Crippen LogP contribution is -2.41. The fourth-order valence-corrected chi connectivity index (χ4v) is 12.3. The van der Waals surface area contributed by atoms with Gasteiger partial charge in [-0.05, 0) is 147 Å². The Bertz CT molecular complexity index is 4450. The van der Waals surface area contributed by atoms with E-state index in [9.17, 15) is 22.1 Å². The summed E-state index contributed by atoms with van der Waals surface area (Å²) in [5.41, 5.74) is 3.51. The van der Waals surface area contributed by atoms with Crippen molar-refractivity contribution in [3.8, 4) is 81.1 Å². The number of nitriles is 3. The molecule has 0 atom stereocenters. The number of anilines is 2. The Kier molecular flexibility index (Phi) is 25.4. The quantitative estimate of drug-likeness (QED) is 0.0800. The summed E-state index contributed by atoms with van der Waals surface area (Å²) in [6.07, 6.45) is 0. The van der Waals surface area contributed by atoms with Crippen LogP contribution in [0, 0.1) is 34.0 Å². The SMILES string of the molecule is C.C.COc1cc(Br)cc(C#N)c1.COc1cc(C#N)cc(-c2cc(OC)c3c(NS(=O)(=O)c4c(OC)cccc4OC)noc3c2)c1.COc1cc(C#N)cc(B2OC(C)(C)C(C)(C)O2)c1.COc1cccc(OC)c1S(=O)(=O)Nc1noc2cc(Br)cc(OC)c12. The van der Waals surface area contributed by atoms with E-state index in [0.717, 1.165) is 9.94 Å². The number of hydrogen-bond acceptors (Lipinski definition) is 22. The van der Waals surface area contributed by atoms with Gasteiger partial charge in [-0.25, -0.2) is 16.8 Å². The molecule has 0 unspecified atom stereocenters. The molecular weight excluding hydrogens is 1370 g/mol. The van der Waals surface area contributed by atoms with Crippen LogP contribution in [0.2, 0.25) is 0 Å². The van der Waals surface area contributed by atoms with Crippen molar-refractivity contribution in [3.05, 3.63) is 141 Å². The number of nitrogens with zero attached hydrogens (tertiary/aromatic N) is 5. The van der Waals surface area contributed by atoms with Crippen LogP contribution in [0.25, 0.3) is 33.1 Å². The lowest BCUT2D eigenvalue weighted by atomic mass is 9.78. The van der Waals surface area contributed by atoms with Gasteiger partial charge < -0.3 is 61.0 Å². The molecular formula is C64H68BBr2N7O17S2. The maximum atomic E-state index is 13.3. The molecule has 0 saturated carbocycles. The molecule has 2 aromatic heterocycles. The van der Waals surface area contributed by atoms with Crippen molar-refractivity contribution in [2.45, 2.75) is 63.5 Å². The van der Waals surface area contributed by atoms with Gasteiger partial charge in [-0.2, -0.15) is 15.8 Å². The molecule has 10 rings (SSSR count). The summed E-state index contributed by atoms with van der Waals surface area (Å²) in [5.74, 6) is 2.95. The highest BCUT2D eigenvalue weighted by atomic mass is 79.9. The van der Waals surface area contributed by atoms with E-state index in [1.165, 1.54) is 74.0 Å². The molecule has 3 heterocycles. The van der Waals surface area contributed by atoms with Crippen LogP contribution in [-0.2, 0) is 29.4 Å². The van der Waals surface area contributed by atoms with E-state index in [1.807, 2.05) is 39.8 Å². The molecule has 1 saturated heterocycles. The van der Waals surface area contributed by atoms with Crippen LogP contribution in [0.15, 0.2) is 143 Å². The van der Waals surface area contributed by atoms with E-state index in [4.69, 9.17) is 71.5 Å². The number of benzene rings is 7. The molecule has 29 heteroatoms. The second-order valence-electron chi connectivity index (χ2n) is 20.0. The maximum Gasteiger partial charge on any atom is 0.495 e. The van der Waals surface area contributed by atoms with Gasteiger partial charge in [0.05, 0.1) is 110 Å². The van der Waals surface area contributed by atoms with Crippen LogP contribution in [0.5, 0.6) is 51.7 Å². The van der Waals surface area contributed by atoms with Crippen LogP contribution in [0.3, 0.4) is 0 Å². The predicted molar refractivity (Wildman–Crippen MR) is 359 cm³/mol. The van der Waals surface area contributed by atoms with Gasteiger partial charge in [-0.1, -0.05) is 69.2 Å². The van der Waals surface area contributed by atoms with Crippen molar-refractivity contribution < 1.29 is 77.8 Å². The van der Waals surface area contributed by atoms with Gasteiger partial charge >= 0.3 is 7.12 Å². The van der Waals surface area contributed by atoms with Crippen LogP contribution < -0.4 is 57.5 Å². The summed E-state index contributed by atoms with van der Waals surface area (Å²) < 4.78 is 129. The number of hydrogen-bond donors (Lipinski definition) is 2. The fourth-order valence-electron chi connectivity index (χ4n) is 8.80. The van der Waals surface area contributed by atoms with E-state index in [2.05, 4.69) is 63.8 Å². The number of ether oxygens (including phenoxy) is 9. The molecule has 9 aromatic rings. The van der Waals surface area contributed by atoms with Gasteiger partial charge in [-0.15, -0.1) is 0 Å². The molecule has 1 aliphatic heterocycles. The van der Waals surface area contributed by atoms with E-state index in [1.54, 1.807) is 99.1 Å². The molecule has 7 aromatic carbocycles. The maximum absolute atomic E-state index is 13.3. The van der Waals surface area contributed by atoms with Gasteiger partial charge in [0, 0.05) is 8.95 Å². The average molecular weight is 1440 g/mol. The summed E-state index contributed by atoms with van der Waals surface area (Å²) in [6, 6.07) is 37.8. The zero-order valence-electron chi connectivity index (χ0n) is 51.3. The molecule has 2 N–H and O–H groups in total.